The number of amides is 2. The highest BCUT2D eigenvalue weighted by molar-refractivity contribution is 6.03. The van der Waals surface area contributed by atoms with Crippen molar-refractivity contribution in [2.24, 2.45) is 0 Å². The Morgan fingerprint density at radius 2 is 2.12 bits per heavy atom. The van der Waals surface area contributed by atoms with Crippen molar-refractivity contribution in [3.05, 3.63) is 71.7 Å². The third-order valence-electron chi connectivity index (χ3n) is 5.10. The van der Waals surface area contributed by atoms with Crippen LogP contribution in [0.15, 0.2) is 53.6 Å². The topological polar surface area (TPSA) is 118 Å². The number of benzene rings is 1. The third-order valence-corrected chi connectivity index (χ3v) is 5.10. The number of anilines is 1. The highest BCUT2D eigenvalue weighted by Crippen LogP contribution is 2.31. The lowest BCUT2D eigenvalue weighted by Crippen LogP contribution is -2.49. The van der Waals surface area contributed by atoms with Gasteiger partial charge in [-0.2, -0.15) is 0 Å². The molecule has 0 saturated carbocycles. The molecule has 0 spiro atoms. The van der Waals surface area contributed by atoms with Gasteiger partial charge in [-0.15, -0.1) is 0 Å². The summed E-state index contributed by atoms with van der Waals surface area (Å²) < 4.78 is 10.8. The van der Waals surface area contributed by atoms with E-state index in [9.17, 15) is 14.7 Å². The molecule has 2 N–H and O–H groups in total. The molecule has 2 amide bonds. The smallest absolute Gasteiger partial charge is 0.270 e. The normalized spacial score (nSPS) is 15.5. The number of hydrogen-bond acceptors (Lipinski definition) is 7. The van der Waals surface area contributed by atoms with Gasteiger partial charge >= 0.3 is 0 Å². The van der Waals surface area contributed by atoms with E-state index in [1.807, 2.05) is 0 Å². The number of likely N-dealkylation sites (N-methyl/N-ethyl adjacent to an activating group) is 1. The van der Waals surface area contributed by atoms with Gasteiger partial charge in [-0.1, -0.05) is 11.8 Å². The van der Waals surface area contributed by atoms with E-state index in [0.717, 1.165) is 11.3 Å². The monoisotopic (exact) mass is 460 g/mol. The summed E-state index contributed by atoms with van der Waals surface area (Å²) in [6.45, 7) is 3.15. The summed E-state index contributed by atoms with van der Waals surface area (Å²) in [5.41, 5.74) is 1.76. The molecule has 3 aromatic rings. The fourth-order valence-electron chi connectivity index (χ4n) is 3.38. The molecule has 34 heavy (non-hydrogen) atoms. The van der Waals surface area contributed by atoms with Gasteiger partial charge in [0.2, 0.25) is 0 Å². The highest BCUT2D eigenvalue weighted by atomic mass is 16.5. The van der Waals surface area contributed by atoms with E-state index in [0.29, 0.717) is 23.4 Å². The summed E-state index contributed by atoms with van der Waals surface area (Å²) in [5, 5.41) is 12.6. The molecule has 0 aliphatic carbocycles. The van der Waals surface area contributed by atoms with Crippen molar-refractivity contribution in [2.45, 2.75) is 31.9 Å². The minimum atomic E-state index is -1.14. The maximum Gasteiger partial charge on any atom is 0.270 e. The van der Waals surface area contributed by atoms with Crippen LogP contribution in [0.3, 0.4) is 0 Å². The third kappa shape index (κ3) is 5.42. The summed E-state index contributed by atoms with van der Waals surface area (Å²) >= 11 is 0. The van der Waals surface area contributed by atoms with Crippen molar-refractivity contribution >= 4 is 17.5 Å². The highest BCUT2D eigenvalue weighted by Gasteiger charge is 2.31. The molecule has 174 valence electrons. The van der Waals surface area contributed by atoms with E-state index >= 15 is 0 Å². The fraction of sp³-hybridized carbons (Fsp3) is 0.280. The largest absolute Gasteiger partial charge is 0.489 e. The Morgan fingerprint density at radius 3 is 2.85 bits per heavy atom. The molecule has 0 fully saturated rings. The summed E-state index contributed by atoms with van der Waals surface area (Å²) in [6, 6.07) is 7.71. The summed E-state index contributed by atoms with van der Waals surface area (Å²) in [5.74, 6) is 5.31. The van der Waals surface area contributed by atoms with Gasteiger partial charge < -0.3 is 24.5 Å². The Morgan fingerprint density at radius 1 is 1.29 bits per heavy atom. The van der Waals surface area contributed by atoms with Crippen LogP contribution < -0.4 is 15.0 Å². The molecule has 1 aliphatic heterocycles. The number of hydrogen-bond donors (Lipinski definition) is 2. The van der Waals surface area contributed by atoms with Crippen LogP contribution in [0.5, 0.6) is 5.75 Å². The van der Waals surface area contributed by atoms with Crippen LogP contribution in [0, 0.1) is 11.8 Å². The Kier molecular flexibility index (Phi) is 6.34. The van der Waals surface area contributed by atoms with Crippen molar-refractivity contribution in [3.63, 3.8) is 0 Å². The molecule has 1 atom stereocenters. The standard InChI is InChI=1S/C25H24N4O5/c1-25(2,32)8-6-16-4-5-22-21(12-16)29(3)24(31)20(14-34-22)28-23(30)19-11-17(7-9-26-19)10-18-13-33-15-27-18/h4-5,7,9,11-13,15,20,32H,10,14H2,1-3H3,(H,28,30)/t20-/m0/s1. The van der Waals surface area contributed by atoms with Gasteiger partial charge in [0.25, 0.3) is 11.8 Å². The quantitative estimate of drug-likeness (QED) is 0.571. The van der Waals surface area contributed by atoms with E-state index < -0.39 is 17.6 Å². The van der Waals surface area contributed by atoms with Gasteiger partial charge in [0, 0.05) is 25.2 Å². The fourth-order valence-corrected chi connectivity index (χ4v) is 3.38. The number of carbonyl (C=O) groups excluding carboxylic acids is 2. The first kappa shape index (κ1) is 23.0. The molecule has 0 radical (unpaired) electrons. The first-order valence-corrected chi connectivity index (χ1v) is 10.6. The second-order valence-electron chi connectivity index (χ2n) is 8.43. The molecule has 0 saturated heterocycles. The van der Waals surface area contributed by atoms with Gasteiger partial charge in [-0.05, 0) is 49.7 Å². The summed E-state index contributed by atoms with van der Waals surface area (Å²) in [4.78, 5) is 35.6. The average molecular weight is 460 g/mol. The van der Waals surface area contributed by atoms with Crippen molar-refractivity contribution in [1.29, 1.82) is 0 Å². The van der Waals surface area contributed by atoms with Crippen LogP contribution in [0.1, 0.15) is 41.2 Å². The van der Waals surface area contributed by atoms with Crippen molar-refractivity contribution in [1.82, 2.24) is 15.3 Å². The van der Waals surface area contributed by atoms with Crippen LogP contribution in [-0.4, -0.2) is 52.2 Å². The second-order valence-corrected chi connectivity index (χ2v) is 8.43. The molecule has 9 nitrogen and oxygen atoms in total. The molecule has 0 bridgehead atoms. The lowest BCUT2D eigenvalue weighted by molar-refractivity contribution is -0.120. The number of aromatic nitrogens is 2. The van der Waals surface area contributed by atoms with Gasteiger partial charge in [-0.3, -0.25) is 14.6 Å². The number of fused-ring (bicyclic) bond motifs is 1. The number of nitrogens with one attached hydrogen (secondary N) is 1. The Bertz CT molecular complexity index is 1270. The first-order chi connectivity index (χ1) is 16.2. The van der Waals surface area contributed by atoms with E-state index in [4.69, 9.17) is 9.15 Å². The van der Waals surface area contributed by atoms with E-state index in [1.165, 1.54) is 23.8 Å². The van der Waals surface area contributed by atoms with Crippen LogP contribution >= 0.6 is 0 Å². The van der Waals surface area contributed by atoms with E-state index in [1.54, 1.807) is 51.2 Å². The number of rotatable bonds is 4. The van der Waals surface area contributed by atoms with E-state index in [2.05, 4.69) is 27.1 Å². The molecular weight excluding hydrogens is 436 g/mol. The van der Waals surface area contributed by atoms with Crippen LogP contribution in [0.25, 0.3) is 0 Å². The van der Waals surface area contributed by atoms with Crippen molar-refractivity contribution in [3.8, 4) is 17.6 Å². The predicted molar refractivity (Wildman–Crippen MR) is 123 cm³/mol. The zero-order valence-electron chi connectivity index (χ0n) is 19.0. The lowest BCUT2D eigenvalue weighted by atomic mass is 10.1. The SMILES string of the molecule is CN1C(=O)[C@@H](NC(=O)c2cc(Cc3cocn3)ccn2)COc2ccc(C#CC(C)(C)O)cc21. The molecule has 0 unspecified atom stereocenters. The number of oxazole rings is 1. The summed E-state index contributed by atoms with van der Waals surface area (Å²) in [6.07, 6.45) is 4.91. The van der Waals surface area contributed by atoms with Crippen LogP contribution in [-0.2, 0) is 11.2 Å². The average Bonchev–Trinajstić information content (AvgIpc) is 3.28. The second kappa shape index (κ2) is 9.37. The number of carbonyl (C=O) groups is 2. The first-order valence-electron chi connectivity index (χ1n) is 10.6. The van der Waals surface area contributed by atoms with E-state index in [-0.39, 0.29) is 18.2 Å². The Labute approximate surface area is 196 Å². The number of pyridine rings is 1. The predicted octanol–water partition coefficient (Wildman–Crippen LogP) is 1.94. The molecule has 1 aliphatic rings. The van der Waals surface area contributed by atoms with Gasteiger partial charge in [-0.25, -0.2) is 4.98 Å². The van der Waals surface area contributed by atoms with Gasteiger partial charge in [0.15, 0.2) is 6.39 Å². The number of nitrogens with zero attached hydrogens (tertiary/aromatic N) is 3. The maximum atomic E-state index is 13.1. The van der Waals surface area contributed by atoms with Crippen molar-refractivity contribution in [2.75, 3.05) is 18.6 Å². The summed E-state index contributed by atoms with van der Waals surface area (Å²) in [7, 11) is 1.61. The van der Waals surface area contributed by atoms with Crippen LogP contribution in [0.4, 0.5) is 5.69 Å². The van der Waals surface area contributed by atoms with Gasteiger partial charge in [0.05, 0.1) is 11.4 Å². The Balaban J connectivity index is 1.49. The lowest BCUT2D eigenvalue weighted by Gasteiger charge is -2.20. The molecular formula is C25H24N4O5. The maximum absolute atomic E-state index is 13.1. The zero-order chi connectivity index (χ0) is 24.3. The van der Waals surface area contributed by atoms with Crippen LogP contribution in [0.2, 0.25) is 0 Å². The molecule has 3 heterocycles. The number of aliphatic hydroxyl groups is 1. The molecule has 1 aromatic carbocycles. The molecule has 2 aromatic heterocycles. The molecule has 9 heteroatoms. The molecule has 4 rings (SSSR count). The van der Waals surface area contributed by atoms with Crippen molar-refractivity contribution < 1.29 is 23.8 Å². The Hall–Kier alpha value is -4.16. The zero-order valence-corrected chi connectivity index (χ0v) is 19.0. The minimum absolute atomic E-state index is 0.0325. The van der Waals surface area contributed by atoms with Gasteiger partial charge in [0.1, 0.15) is 36.0 Å². The minimum Gasteiger partial charge on any atom is -0.489 e. The number of ether oxygens (including phenoxy) is 1.